The molecule has 6 nitrogen and oxygen atoms in total. The van der Waals surface area contributed by atoms with Gasteiger partial charge in [0.25, 0.3) is 5.91 Å². The van der Waals surface area contributed by atoms with Crippen LogP contribution in [0.25, 0.3) is 0 Å². The SMILES string of the molecule is CCCN1CCN(C(=O)c2cncc(N)n2)CC1. The van der Waals surface area contributed by atoms with Crippen LogP contribution in [0.4, 0.5) is 5.82 Å². The lowest BCUT2D eigenvalue weighted by molar-refractivity contribution is 0.0631. The quantitative estimate of drug-likeness (QED) is 0.829. The first-order chi connectivity index (χ1) is 8.70. The number of aromatic nitrogens is 2. The maximum atomic E-state index is 12.2. The molecule has 1 fully saturated rings. The highest BCUT2D eigenvalue weighted by Gasteiger charge is 2.22. The minimum atomic E-state index is -0.0778. The molecule has 18 heavy (non-hydrogen) atoms. The molecule has 0 radical (unpaired) electrons. The van der Waals surface area contributed by atoms with Crippen molar-refractivity contribution in [2.45, 2.75) is 13.3 Å². The zero-order chi connectivity index (χ0) is 13.0. The number of nitrogen functional groups attached to an aromatic ring is 1. The van der Waals surface area contributed by atoms with Gasteiger partial charge in [-0.05, 0) is 13.0 Å². The summed E-state index contributed by atoms with van der Waals surface area (Å²) in [7, 11) is 0. The zero-order valence-corrected chi connectivity index (χ0v) is 10.7. The molecule has 0 bridgehead atoms. The van der Waals surface area contributed by atoms with E-state index < -0.39 is 0 Å². The highest BCUT2D eigenvalue weighted by Crippen LogP contribution is 2.07. The average Bonchev–Trinajstić information content (AvgIpc) is 2.39. The van der Waals surface area contributed by atoms with Crippen LogP contribution in [-0.2, 0) is 0 Å². The summed E-state index contributed by atoms with van der Waals surface area (Å²) < 4.78 is 0. The fourth-order valence-electron chi connectivity index (χ4n) is 2.14. The minimum absolute atomic E-state index is 0.0778. The molecule has 1 aliphatic heterocycles. The molecule has 1 aliphatic rings. The summed E-state index contributed by atoms with van der Waals surface area (Å²) in [6, 6.07) is 0. The summed E-state index contributed by atoms with van der Waals surface area (Å²) in [4.78, 5) is 24.3. The van der Waals surface area contributed by atoms with Gasteiger partial charge in [0.2, 0.25) is 0 Å². The van der Waals surface area contributed by atoms with Gasteiger partial charge in [0.05, 0.1) is 12.4 Å². The summed E-state index contributed by atoms with van der Waals surface area (Å²) in [6.07, 6.45) is 4.06. The highest BCUT2D eigenvalue weighted by molar-refractivity contribution is 5.92. The fraction of sp³-hybridized carbons (Fsp3) is 0.583. The van der Waals surface area contributed by atoms with E-state index in [4.69, 9.17) is 5.73 Å². The minimum Gasteiger partial charge on any atom is -0.382 e. The molecule has 1 amide bonds. The van der Waals surface area contributed by atoms with Crippen molar-refractivity contribution >= 4 is 11.7 Å². The van der Waals surface area contributed by atoms with Gasteiger partial charge in [-0.1, -0.05) is 6.92 Å². The molecule has 6 heteroatoms. The Kier molecular flexibility index (Phi) is 4.09. The van der Waals surface area contributed by atoms with Gasteiger partial charge in [-0.2, -0.15) is 0 Å². The summed E-state index contributed by atoms with van der Waals surface area (Å²) >= 11 is 0. The van der Waals surface area contributed by atoms with E-state index >= 15 is 0 Å². The number of rotatable bonds is 3. The third-order valence-corrected chi connectivity index (χ3v) is 3.07. The molecule has 0 spiro atoms. The first kappa shape index (κ1) is 12.8. The largest absolute Gasteiger partial charge is 0.382 e. The number of nitrogens with zero attached hydrogens (tertiary/aromatic N) is 4. The Balaban J connectivity index is 1.95. The lowest BCUT2D eigenvalue weighted by Gasteiger charge is -2.34. The van der Waals surface area contributed by atoms with Crippen LogP contribution in [0.1, 0.15) is 23.8 Å². The van der Waals surface area contributed by atoms with E-state index in [1.54, 1.807) is 0 Å². The zero-order valence-electron chi connectivity index (χ0n) is 10.7. The standard InChI is InChI=1S/C12H19N5O/c1-2-3-16-4-6-17(7-5-16)12(18)10-8-14-9-11(13)15-10/h8-9H,2-7H2,1H3,(H2,13,15). The van der Waals surface area contributed by atoms with E-state index in [0.717, 1.165) is 39.1 Å². The maximum Gasteiger partial charge on any atom is 0.274 e. The smallest absolute Gasteiger partial charge is 0.274 e. The predicted molar refractivity (Wildman–Crippen MR) is 69.1 cm³/mol. The molecule has 1 aromatic rings. The maximum absolute atomic E-state index is 12.2. The first-order valence-electron chi connectivity index (χ1n) is 6.30. The van der Waals surface area contributed by atoms with Crippen LogP contribution < -0.4 is 5.73 Å². The topological polar surface area (TPSA) is 75.3 Å². The van der Waals surface area contributed by atoms with E-state index in [1.165, 1.54) is 12.4 Å². The Hall–Kier alpha value is -1.69. The number of carbonyl (C=O) groups is 1. The average molecular weight is 249 g/mol. The van der Waals surface area contributed by atoms with E-state index in [2.05, 4.69) is 21.8 Å². The number of nitrogens with two attached hydrogens (primary N) is 1. The Labute approximate surface area is 107 Å². The predicted octanol–water partition coefficient (Wildman–Crippen LogP) is 0.227. The molecule has 2 heterocycles. The van der Waals surface area contributed by atoms with Gasteiger partial charge >= 0.3 is 0 Å². The third kappa shape index (κ3) is 2.95. The van der Waals surface area contributed by atoms with Crippen molar-refractivity contribution in [2.75, 3.05) is 38.5 Å². The summed E-state index contributed by atoms with van der Waals surface area (Å²) in [5.41, 5.74) is 5.87. The van der Waals surface area contributed by atoms with Gasteiger partial charge in [0, 0.05) is 26.2 Å². The van der Waals surface area contributed by atoms with Gasteiger partial charge in [0.1, 0.15) is 11.5 Å². The molecule has 0 saturated carbocycles. The number of piperazine rings is 1. The summed E-state index contributed by atoms with van der Waals surface area (Å²) in [5.74, 6) is 0.205. The molecule has 98 valence electrons. The van der Waals surface area contributed by atoms with Crippen LogP contribution >= 0.6 is 0 Å². The highest BCUT2D eigenvalue weighted by atomic mass is 16.2. The number of amides is 1. The second kappa shape index (κ2) is 5.77. The Morgan fingerprint density at radius 1 is 1.33 bits per heavy atom. The van der Waals surface area contributed by atoms with Gasteiger partial charge in [0.15, 0.2) is 0 Å². The normalized spacial score (nSPS) is 16.8. The van der Waals surface area contributed by atoms with Crippen molar-refractivity contribution in [1.29, 1.82) is 0 Å². The molecule has 2 N–H and O–H groups in total. The number of hydrogen-bond donors (Lipinski definition) is 1. The fourth-order valence-corrected chi connectivity index (χ4v) is 2.14. The summed E-state index contributed by atoms with van der Waals surface area (Å²) in [6.45, 7) is 6.61. The van der Waals surface area contributed by atoms with E-state index in [9.17, 15) is 4.79 Å². The van der Waals surface area contributed by atoms with Crippen molar-refractivity contribution in [1.82, 2.24) is 19.8 Å². The Morgan fingerprint density at radius 2 is 2.06 bits per heavy atom. The number of hydrogen-bond acceptors (Lipinski definition) is 5. The first-order valence-corrected chi connectivity index (χ1v) is 6.30. The third-order valence-electron chi connectivity index (χ3n) is 3.07. The van der Waals surface area contributed by atoms with E-state index in [0.29, 0.717) is 5.69 Å². The second-order valence-electron chi connectivity index (χ2n) is 4.46. The van der Waals surface area contributed by atoms with Crippen molar-refractivity contribution in [2.24, 2.45) is 0 Å². The van der Waals surface area contributed by atoms with E-state index in [-0.39, 0.29) is 11.7 Å². The van der Waals surface area contributed by atoms with Crippen molar-refractivity contribution in [3.05, 3.63) is 18.1 Å². The monoisotopic (exact) mass is 249 g/mol. The van der Waals surface area contributed by atoms with Crippen molar-refractivity contribution in [3.63, 3.8) is 0 Å². The molecule has 1 saturated heterocycles. The van der Waals surface area contributed by atoms with Gasteiger partial charge in [-0.25, -0.2) is 4.98 Å². The van der Waals surface area contributed by atoms with E-state index in [1.807, 2.05) is 4.90 Å². The van der Waals surface area contributed by atoms with Crippen LogP contribution in [0.5, 0.6) is 0 Å². The van der Waals surface area contributed by atoms with Gasteiger partial charge < -0.3 is 10.6 Å². The molecule has 0 aromatic carbocycles. The molecule has 1 aromatic heterocycles. The molecule has 0 unspecified atom stereocenters. The van der Waals surface area contributed by atoms with Crippen LogP contribution in [0.15, 0.2) is 12.4 Å². The number of carbonyl (C=O) groups excluding carboxylic acids is 1. The van der Waals surface area contributed by atoms with Crippen LogP contribution in [0.2, 0.25) is 0 Å². The lowest BCUT2D eigenvalue weighted by atomic mass is 10.2. The molecule has 2 rings (SSSR count). The van der Waals surface area contributed by atoms with Gasteiger partial charge in [-0.3, -0.25) is 14.7 Å². The van der Waals surface area contributed by atoms with Crippen LogP contribution in [-0.4, -0.2) is 58.4 Å². The summed E-state index contributed by atoms with van der Waals surface area (Å²) in [5, 5.41) is 0. The van der Waals surface area contributed by atoms with Gasteiger partial charge in [-0.15, -0.1) is 0 Å². The Bertz CT molecular complexity index is 415. The lowest BCUT2D eigenvalue weighted by Crippen LogP contribution is -2.49. The second-order valence-corrected chi connectivity index (χ2v) is 4.46. The molecular weight excluding hydrogens is 230 g/mol. The Morgan fingerprint density at radius 3 is 2.67 bits per heavy atom. The molecule has 0 atom stereocenters. The van der Waals surface area contributed by atoms with Crippen LogP contribution in [0.3, 0.4) is 0 Å². The molecular formula is C12H19N5O. The molecule has 0 aliphatic carbocycles. The van der Waals surface area contributed by atoms with Crippen molar-refractivity contribution in [3.8, 4) is 0 Å². The number of anilines is 1. The van der Waals surface area contributed by atoms with Crippen LogP contribution in [0, 0.1) is 0 Å². The van der Waals surface area contributed by atoms with Crippen molar-refractivity contribution < 1.29 is 4.79 Å².